The Bertz CT molecular complexity index is 404. The van der Waals surface area contributed by atoms with Crippen molar-refractivity contribution in [2.45, 2.75) is 32.5 Å². The minimum atomic E-state index is 0.702. The number of likely N-dealkylation sites (tertiary alicyclic amines) is 1. The highest BCUT2D eigenvalue weighted by molar-refractivity contribution is 5.15. The average Bonchev–Trinajstić information content (AvgIpc) is 2.44. The Morgan fingerprint density at radius 1 is 1.00 bits per heavy atom. The first kappa shape index (κ1) is 14.1. The van der Waals surface area contributed by atoms with Gasteiger partial charge in [0.05, 0.1) is 0 Å². The van der Waals surface area contributed by atoms with Gasteiger partial charge in [-0.05, 0) is 19.4 Å². The van der Waals surface area contributed by atoms with E-state index in [1.165, 1.54) is 44.8 Å². The summed E-state index contributed by atoms with van der Waals surface area (Å²) in [4.78, 5) is 7.85. The van der Waals surface area contributed by atoms with E-state index in [0.29, 0.717) is 6.04 Å². The van der Waals surface area contributed by atoms with Crippen molar-refractivity contribution in [3.05, 3.63) is 35.9 Å². The number of hydrogen-bond acceptors (Lipinski definition) is 3. The van der Waals surface area contributed by atoms with Crippen LogP contribution in [0.2, 0.25) is 0 Å². The molecule has 0 N–H and O–H groups in total. The largest absolute Gasteiger partial charge is 0.298 e. The molecule has 2 aliphatic rings. The van der Waals surface area contributed by atoms with Gasteiger partial charge in [0.1, 0.15) is 0 Å². The third-order valence-corrected chi connectivity index (χ3v) is 4.78. The highest BCUT2D eigenvalue weighted by Crippen LogP contribution is 2.19. The number of hydrogen-bond donors (Lipinski definition) is 0. The van der Waals surface area contributed by atoms with Crippen LogP contribution in [-0.4, -0.2) is 66.1 Å². The maximum atomic E-state index is 2.69. The topological polar surface area (TPSA) is 9.72 Å². The van der Waals surface area contributed by atoms with Crippen LogP contribution < -0.4 is 0 Å². The highest BCUT2D eigenvalue weighted by atomic mass is 15.3. The fourth-order valence-corrected chi connectivity index (χ4v) is 3.36. The molecular formula is C17H27N3. The van der Waals surface area contributed by atoms with Crippen LogP contribution in [-0.2, 0) is 6.54 Å². The fraction of sp³-hybridized carbons (Fsp3) is 0.647. The molecule has 1 aromatic carbocycles. The predicted molar refractivity (Wildman–Crippen MR) is 83.8 cm³/mol. The molecule has 0 spiro atoms. The Kier molecular flexibility index (Phi) is 4.39. The third-order valence-electron chi connectivity index (χ3n) is 4.78. The minimum absolute atomic E-state index is 0.702. The van der Waals surface area contributed by atoms with E-state index in [2.05, 4.69) is 58.9 Å². The second kappa shape index (κ2) is 6.25. The third kappa shape index (κ3) is 3.22. The standard InChI is InChI=1S/C17H27N3/c1-15(2)19-8-10-20(11-9-19)17-13-18(14-17)12-16-6-4-3-5-7-16/h3-7,15,17H,8-14H2,1-2H3. The molecule has 2 aliphatic heterocycles. The monoisotopic (exact) mass is 273 g/mol. The summed E-state index contributed by atoms with van der Waals surface area (Å²) in [6, 6.07) is 12.3. The van der Waals surface area contributed by atoms with Gasteiger partial charge in [-0.15, -0.1) is 0 Å². The summed E-state index contributed by atoms with van der Waals surface area (Å²) in [6.07, 6.45) is 0. The van der Waals surface area contributed by atoms with E-state index in [1.54, 1.807) is 0 Å². The molecule has 0 unspecified atom stereocenters. The smallest absolute Gasteiger partial charge is 0.0351 e. The van der Waals surface area contributed by atoms with Crippen molar-refractivity contribution in [2.75, 3.05) is 39.3 Å². The molecule has 3 rings (SSSR count). The maximum absolute atomic E-state index is 2.69. The van der Waals surface area contributed by atoms with E-state index in [9.17, 15) is 0 Å². The molecule has 0 amide bonds. The van der Waals surface area contributed by atoms with Gasteiger partial charge >= 0.3 is 0 Å². The van der Waals surface area contributed by atoms with Crippen LogP contribution in [0.15, 0.2) is 30.3 Å². The lowest BCUT2D eigenvalue weighted by molar-refractivity contribution is -0.00412. The van der Waals surface area contributed by atoms with E-state index in [1.807, 2.05) is 0 Å². The lowest BCUT2D eigenvalue weighted by Gasteiger charge is -2.48. The quantitative estimate of drug-likeness (QED) is 0.829. The molecule has 1 aromatic rings. The molecule has 0 bridgehead atoms. The molecule has 2 heterocycles. The van der Waals surface area contributed by atoms with Crippen molar-refractivity contribution in [1.82, 2.24) is 14.7 Å². The highest BCUT2D eigenvalue weighted by Gasteiger charge is 2.33. The van der Waals surface area contributed by atoms with Crippen LogP contribution in [0.3, 0.4) is 0 Å². The summed E-state index contributed by atoms with van der Waals surface area (Å²) in [5.74, 6) is 0. The van der Waals surface area contributed by atoms with Crippen molar-refractivity contribution in [2.24, 2.45) is 0 Å². The zero-order valence-corrected chi connectivity index (χ0v) is 12.8. The Morgan fingerprint density at radius 3 is 2.25 bits per heavy atom. The normalized spacial score (nSPS) is 23.1. The summed E-state index contributed by atoms with van der Waals surface area (Å²) < 4.78 is 0. The lowest BCUT2D eigenvalue weighted by atomic mass is 10.0. The van der Waals surface area contributed by atoms with Gasteiger partial charge in [0.2, 0.25) is 0 Å². The molecule has 2 saturated heterocycles. The van der Waals surface area contributed by atoms with Crippen LogP contribution >= 0.6 is 0 Å². The molecule has 0 saturated carbocycles. The molecule has 0 atom stereocenters. The Labute approximate surface area is 123 Å². The second-order valence-corrected chi connectivity index (χ2v) is 6.50. The molecule has 110 valence electrons. The number of rotatable bonds is 4. The van der Waals surface area contributed by atoms with Crippen molar-refractivity contribution in [1.29, 1.82) is 0 Å². The van der Waals surface area contributed by atoms with E-state index in [0.717, 1.165) is 12.6 Å². The first-order valence-electron chi connectivity index (χ1n) is 7.97. The van der Waals surface area contributed by atoms with Gasteiger partial charge in [-0.1, -0.05) is 30.3 Å². The van der Waals surface area contributed by atoms with Gasteiger partial charge in [0.25, 0.3) is 0 Å². The van der Waals surface area contributed by atoms with E-state index < -0.39 is 0 Å². The fourth-order valence-electron chi connectivity index (χ4n) is 3.36. The summed E-state index contributed by atoms with van der Waals surface area (Å²) in [5, 5.41) is 0. The molecular weight excluding hydrogens is 246 g/mol. The number of piperazine rings is 1. The van der Waals surface area contributed by atoms with Crippen LogP contribution in [0, 0.1) is 0 Å². The van der Waals surface area contributed by atoms with Crippen LogP contribution in [0.4, 0.5) is 0 Å². The summed E-state index contributed by atoms with van der Waals surface area (Å²) in [7, 11) is 0. The summed E-state index contributed by atoms with van der Waals surface area (Å²) in [6.45, 7) is 13.2. The van der Waals surface area contributed by atoms with Gasteiger partial charge < -0.3 is 0 Å². The van der Waals surface area contributed by atoms with Crippen molar-refractivity contribution in [3.8, 4) is 0 Å². The molecule has 3 heteroatoms. The first-order chi connectivity index (χ1) is 9.72. The van der Waals surface area contributed by atoms with Crippen LogP contribution in [0.5, 0.6) is 0 Å². The second-order valence-electron chi connectivity index (χ2n) is 6.50. The minimum Gasteiger partial charge on any atom is -0.298 e. The zero-order valence-electron chi connectivity index (χ0n) is 12.8. The number of benzene rings is 1. The molecule has 0 aliphatic carbocycles. The van der Waals surface area contributed by atoms with Gasteiger partial charge in [-0.3, -0.25) is 14.7 Å². The van der Waals surface area contributed by atoms with Crippen molar-refractivity contribution >= 4 is 0 Å². The molecule has 0 aromatic heterocycles. The van der Waals surface area contributed by atoms with Crippen molar-refractivity contribution in [3.63, 3.8) is 0 Å². The Balaban J connectivity index is 1.40. The van der Waals surface area contributed by atoms with Crippen molar-refractivity contribution < 1.29 is 0 Å². The van der Waals surface area contributed by atoms with Gasteiger partial charge in [-0.2, -0.15) is 0 Å². The van der Waals surface area contributed by atoms with E-state index in [4.69, 9.17) is 0 Å². The molecule has 2 fully saturated rings. The predicted octanol–water partition coefficient (Wildman–Crippen LogP) is 1.90. The molecule has 20 heavy (non-hydrogen) atoms. The SMILES string of the molecule is CC(C)N1CCN(C2CN(Cc3ccccc3)C2)CC1. The first-order valence-corrected chi connectivity index (χ1v) is 7.97. The van der Waals surface area contributed by atoms with Gasteiger partial charge in [0.15, 0.2) is 0 Å². The zero-order chi connectivity index (χ0) is 13.9. The lowest BCUT2D eigenvalue weighted by Crippen LogP contribution is -2.63. The van der Waals surface area contributed by atoms with Crippen LogP contribution in [0.1, 0.15) is 19.4 Å². The Morgan fingerprint density at radius 2 is 1.65 bits per heavy atom. The van der Waals surface area contributed by atoms with Gasteiger partial charge in [-0.25, -0.2) is 0 Å². The molecule has 3 nitrogen and oxygen atoms in total. The van der Waals surface area contributed by atoms with Gasteiger partial charge in [0, 0.05) is 57.9 Å². The average molecular weight is 273 g/mol. The summed E-state index contributed by atoms with van der Waals surface area (Å²) in [5.41, 5.74) is 1.44. The number of nitrogens with zero attached hydrogens (tertiary/aromatic N) is 3. The maximum Gasteiger partial charge on any atom is 0.0351 e. The van der Waals surface area contributed by atoms with Crippen LogP contribution in [0.25, 0.3) is 0 Å². The summed E-state index contributed by atoms with van der Waals surface area (Å²) >= 11 is 0. The Hall–Kier alpha value is -0.900. The van der Waals surface area contributed by atoms with E-state index >= 15 is 0 Å². The molecule has 0 radical (unpaired) electrons. The van der Waals surface area contributed by atoms with E-state index in [-0.39, 0.29) is 0 Å².